The van der Waals surface area contributed by atoms with Crippen LogP contribution in [0.3, 0.4) is 0 Å². The van der Waals surface area contributed by atoms with Crippen molar-refractivity contribution in [3.8, 4) is 0 Å². The molecule has 1 aliphatic heterocycles. The van der Waals surface area contributed by atoms with Crippen molar-refractivity contribution >= 4 is 5.78 Å². The number of carbonyl (C=O) groups is 1. The minimum Gasteiger partial charge on any atom is -0.382 e. The molecule has 0 bridgehead atoms. The Hall–Kier alpha value is -0.490. The number of hydrogen-bond donors (Lipinski definition) is 3. The van der Waals surface area contributed by atoms with Crippen molar-refractivity contribution in [1.82, 2.24) is 0 Å². The highest BCUT2D eigenvalue weighted by Crippen LogP contribution is 2.14. The van der Waals surface area contributed by atoms with Crippen LogP contribution in [0.25, 0.3) is 0 Å². The van der Waals surface area contributed by atoms with Gasteiger partial charge in [-0.25, -0.2) is 0 Å². The Kier molecular flexibility index (Phi) is 2.24. The van der Waals surface area contributed by atoms with E-state index in [1.54, 1.807) is 0 Å². The quantitative estimate of drug-likeness (QED) is 0.384. The van der Waals surface area contributed by atoms with E-state index in [-0.39, 0.29) is 0 Å². The topological polar surface area (TPSA) is 87.0 Å². The first-order chi connectivity index (χ1) is 5.04. The van der Waals surface area contributed by atoms with Crippen molar-refractivity contribution in [1.29, 1.82) is 0 Å². The Balaban J connectivity index is 2.71. The fourth-order valence-electron chi connectivity index (χ4n) is 0.916. The summed E-state index contributed by atoms with van der Waals surface area (Å²) >= 11 is 0. The lowest BCUT2D eigenvalue weighted by molar-refractivity contribution is -0.229. The largest absolute Gasteiger partial charge is 0.382 e. The van der Waals surface area contributed by atoms with E-state index in [4.69, 9.17) is 15.3 Å². The summed E-state index contributed by atoms with van der Waals surface area (Å²) in [7, 11) is 0. The zero-order chi connectivity index (χ0) is 8.59. The average Bonchev–Trinajstić information content (AvgIpc) is 1.97. The molecule has 11 heavy (non-hydrogen) atoms. The summed E-state index contributed by atoms with van der Waals surface area (Å²) in [5, 5.41) is 26.7. The molecule has 0 aromatic heterocycles. The van der Waals surface area contributed by atoms with E-state index < -0.39 is 30.4 Å². The Morgan fingerprint density at radius 2 is 1.82 bits per heavy atom. The maximum atomic E-state index is 10.8. The zero-order valence-corrected chi connectivity index (χ0v) is 5.97. The van der Waals surface area contributed by atoms with Crippen LogP contribution in [0.2, 0.25) is 0 Å². The first-order valence-corrected chi connectivity index (χ1v) is 3.27. The average molecular weight is 162 g/mol. The number of aliphatic hydroxyl groups excluding tert-OH is 3. The highest BCUT2D eigenvalue weighted by Gasteiger charge is 2.40. The van der Waals surface area contributed by atoms with Crippen molar-refractivity contribution in [3.05, 3.63) is 0 Å². The lowest BCUT2D eigenvalue weighted by atomic mass is 10.0. The molecule has 0 radical (unpaired) electrons. The highest BCUT2D eigenvalue weighted by atomic mass is 16.6. The van der Waals surface area contributed by atoms with Crippen molar-refractivity contribution in [2.45, 2.75) is 31.5 Å². The number of rotatable bonds is 0. The number of aliphatic hydroxyl groups is 3. The van der Waals surface area contributed by atoms with Gasteiger partial charge in [0.05, 0.1) is 6.10 Å². The van der Waals surface area contributed by atoms with Gasteiger partial charge in [-0.2, -0.15) is 0 Å². The van der Waals surface area contributed by atoms with E-state index in [2.05, 4.69) is 4.74 Å². The van der Waals surface area contributed by atoms with Gasteiger partial charge in [0.2, 0.25) is 0 Å². The van der Waals surface area contributed by atoms with E-state index >= 15 is 0 Å². The van der Waals surface area contributed by atoms with Crippen molar-refractivity contribution in [3.63, 3.8) is 0 Å². The van der Waals surface area contributed by atoms with Crippen LogP contribution in [-0.2, 0) is 9.53 Å². The van der Waals surface area contributed by atoms with E-state index in [9.17, 15) is 4.79 Å². The molecule has 1 aliphatic rings. The molecule has 0 aliphatic carbocycles. The van der Waals surface area contributed by atoms with E-state index in [0.29, 0.717) is 0 Å². The summed E-state index contributed by atoms with van der Waals surface area (Å²) in [6, 6.07) is 0. The summed E-state index contributed by atoms with van der Waals surface area (Å²) in [6.07, 6.45) is -5.24. The third-order valence-corrected chi connectivity index (χ3v) is 1.65. The molecule has 1 rings (SSSR count). The van der Waals surface area contributed by atoms with Crippen molar-refractivity contribution in [2.75, 3.05) is 0 Å². The minimum atomic E-state index is -1.62. The third-order valence-electron chi connectivity index (χ3n) is 1.65. The van der Waals surface area contributed by atoms with Gasteiger partial charge in [0, 0.05) is 0 Å². The van der Waals surface area contributed by atoms with Crippen LogP contribution < -0.4 is 0 Å². The molecule has 1 fully saturated rings. The van der Waals surface area contributed by atoms with Crippen LogP contribution in [0.15, 0.2) is 0 Å². The van der Waals surface area contributed by atoms with Gasteiger partial charge in [0.15, 0.2) is 18.2 Å². The minimum absolute atomic E-state index is 0.763. The standard InChI is InChI=1S/C6H10O5/c1-2-3(7)4(8)5(9)6(10)11-2/h2-3,5-7,9-10H,1H3/t2-,3-,5+,6+/m1/s1. The van der Waals surface area contributed by atoms with Gasteiger partial charge in [-0.15, -0.1) is 0 Å². The smallest absolute Gasteiger partial charge is 0.197 e. The van der Waals surface area contributed by atoms with Gasteiger partial charge in [-0.1, -0.05) is 0 Å². The fraction of sp³-hybridized carbons (Fsp3) is 0.833. The first kappa shape index (κ1) is 8.61. The summed E-state index contributed by atoms with van der Waals surface area (Å²) in [5.74, 6) is -0.795. The maximum Gasteiger partial charge on any atom is 0.197 e. The van der Waals surface area contributed by atoms with Gasteiger partial charge in [-0.3, -0.25) is 4.79 Å². The molecule has 4 atom stereocenters. The Morgan fingerprint density at radius 3 is 2.36 bits per heavy atom. The lowest BCUT2D eigenvalue weighted by Crippen LogP contribution is -2.53. The number of ketones is 1. The zero-order valence-electron chi connectivity index (χ0n) is 5.97. The van der Waals surface area contributed by atoms with Crippen LogP contribution in [0, 0.1) is 0 Å². The van der Waals surface area contributed by atoms with E-state index in [1.165, 1.54) is 6.92 Å². The molecule has 0 saturated carbocycles. The molecule has 5 nitrogen and oxygen atoms in total. The predicted molar refractivity (Wildman–Crippen MR) is 33.6 cm³/mol. The molecule has 0 aromatic rings. The molecule has 5 heteroatoms. The fourth-order valence-corrected chi connectivity index (χ4v) is 0.916. The molecule has 3 N–H and O–H groups in total. The number of carbonyl (C=O) groups excluding carboxylic acids is 1. The summed E-state index contributed by atoms with van der Waals surface area (Å²) in [4.78, 5) is 10.8. The number of ether oxygens (including phenoxy) is 1. The van der Waals surface area contributed by atoms with Gasteiger partial charge >= 0.3 is 0 Å². The molecule has 1 saturated heterocycles. The highest BCUT2D eigenvalue weighted by molar-refractivity contribution is 5.88. The van der Waals surface area contributed by atoms with Crippen molar-refractivity contribution < 1.29 is 24.9 Å². The Labute approximate surface area is 63.2 Å². The lowest BCUT2D eigenvalue weighted by Gasteiger charge is -2.31. The van der Waals surface area contributed by atoms with Crippen LogP contribution in [0.4, 0.5) is 0 Å². The van der Waals surface area contributed by atoms with Crippen LogP contribution in [-0.4, -0.2) is 45.7 Å². The second kappa shape index (κ2) is 2.86. The molecule has 0 spiro atoms. The van der Waals surface area contributed by atoms with Gasteiger partial charge in [-0.05, 0) is 6.92 Å². The Morgan fingerprint density at radius 1 is 1.27 bits per heavy atom. The van der Waals surface area contributed by atoms with Gasteiger partial charge in [0.1, 0.15) is 6.10 Å². The molecule has 0 unspecified atom stereocenters. The number of hydrogen-bond acceptors (Lipinski definition) is 5. The first-order valence-electron chi connectivity index (χ1n) is 3.27. The summed E-state index contributed by atoms with van der Waals surface area (Å²) in [6.45, 7) is 1.44. The number of Topliss-reactive ketones (excluding diaryl/α,β-unsaturated/α-hetero) is 1. The van der Waals surface area contributed by atoms with Crippen LogP contribution in [0.1, 0.15) is 6.92 Å². The second-order valence-electron chi connectivity index (χ2n) is 2.52. The molecule has 0 amide bonds. The molecular weight excluding hydrogens is 152 g/mol. The molecule has 64 valence electrons. The predicted octanol–water partition coefficient (Wildman–Crippen LogP) is -1.99. The maximum absolute atomic E-state index is 10.8. The SMILES string of the molecule is C[C@H]1O[C@H](O)[C@@H](O)C(=O)[C@@H]1O. The van der Waals surface area contributed by atoms with Gasteiger partial charge in [0.25, 0.3) is 0 Å². The van der Waals surface area contributed by atoms with Crippen LogP contribution >= 0.6 is 0 Å². The third kappa shape index (κ3) is 1.41. The second-order valence-corrected chi connectivity index (χ2v) is 2.52. The van der Waals surface area contributed by atoms with E-state index in [1.807, 2.05) is 0 Å². The molecular formula is C6H10O5. The van der Waals surface area contributed by atoms with Crippen LogP contribution in [0.5, 0.6) is 0 Å². The summed E-state index contributed by atoms with van der Waals surface area (Å²) < 4.78 is 4.62. The normalized spacial score (nSPS) is 46.0. The van der Waals surface area contributed by atoms with E-state index in [0.717, 1.165) is 0 Å². The summed E-state index contributed by atoms with van der Waals surface area (Å²) in [5.41, 5.74) is 0. The van der Waals surface area contributed by atoms with Crippen molar-refractivity contribution in [2.24, 2.45) is 0 Å². The molecule has 0 aromatic carbocycles. The molecule has 1 heterocycles. The van der Waals surface area contributed by atoms with Gasteiger partial charge < -0.3 is 20.1 Å². The Bertz CT molecular complexity index is 152. The monoisotopic (exact) mass is 162 g/mol.